The van der Waals surface area contributed by atoms with Crippen LogP contribution in [0.1, 0.15) is 33.8 Å². The van der Waals surface area contributed by atoms with Crippen molar-refractivity contribution >= 4 is 28.1 Å². The number of ether oxygens (including phenoxy) is 1. The Bertz CT molecular complexity index is 1990. The Morgan fingerprint density at radius 2 is 1.44 bits per heavy atom. The molecular weight excluding hydrogens is 534 g/mol. The summed E-state index contributed by atoms with van der Waals surface area (Å²) in [5.41, 5.74) is 7.83. The first kappa shape index (κ1) is 26.4. The number of aryl methyl sites for hydroxylation is 1. The molecule has 0 radical (unpaired) electrons. The second-order valence-electron chi connectivity index (χ2n) is 10.5. The minimum absolute atomic E-state index is 0.188. The normalized spacial score (nSPS) is 11.4. The molecule has 0 aliphatic carbocycles. The van der Waals surface area contributed by atoms with Crippen LogP contribution in [-0.4, -0.2) is 27.6 Å². The summed E-state index contributed by atoms with van der Waals surface area (Å²) < 4.78 is 13.6. The Balaban J connectivity index is 1.36. The number of carbonyl (C=O) groups excluding carboxylic acids is 1. The van der Waals surface area contributed by atoms with Gasteiger partial charge in [0.05, 0.1) is 29.3 Å². The topological polar surface area (TPSA) is 70.2 Å². The summed E-state index contributed by atoms with van der Waals surface area (Å²) in [7, 11) is 1.39. The number of fused-ring (bicyclic) bond motifs is 2. The minimum atomic E-state index is -0.393. The Labute approximate surface area is 249 Å². The van der Waals surface area contributed by atoms with Crippen LogP contribution in [0, 0.1) is 0 Å². The second kappa shape index (κ2) is 11.4. The van der Waals surface area contributed by atoms with Crippen molar-refractivity contribution in [3.8, 4) is 22.8 Å². The van der Waals surface area contributed by atoms with Gasteiger partial charge in [-0.2, -0.15) is 0 Å². The number of hydrogen-bond donors (Lipinski definition) is 0. The van der Waals surface area contributed by atoms with Crippen LogP contribution in [0.2, 0.25) is 0 Å². The predicted octanol–water partition coefficient (Wildman–Crippen LogP) is 8.52. The van der Waals surface area contributed by atoms with E-state index in [9.17, 15) is 4.79 Å². The summed E-state index contributed by atoms with van der Waals surface area (Å²) in [6.45, 7) is 0.688. The Hall–Kier alpha value is -5.49. The zero-order chi connectivity index (χ0) is 29.2. The molecule has 43 heavy (non-hydrogen) atoms. The number of aromatic nitrogens is 3. The molecule has 2 aromatic heterocycles. The molecule has 0 N–H and O–H groups in total. The van der Waals surface area contributed by atoms with Crippen LogP contribution in [0.4, 0.5) is 0 Å². The highest BCUT2D eigenvalue weighted by Crippen LogP contribution is 2.36. The van der Waals surface area contributed by atoms with Gasteiger partial charge in [-0.25, -0.2) is 14.8 Å². The van der Waals surface area contributed by atoms with Crippen molar-refractivity contribution < 1.29 is 13.9 Å². The quantitative estimate of drug-likeness (QED) is 0.173. The van der Waals surface area contributed by atoms with Crippen molar-refractivity contribution in [1.82, 2.24) is 14.5 Å². The molecule has 0 saturated carbocycles. The number of hydrogen-bond acceptors (Lipinski definition) is 5. The summed E-state index contributed by atoms with van der Waals surface area (Å²) in [4.78, 5) is 22.3. The lowest BCUT2D eigenvalue weighted by Gasteiger charge is -2.19. The third kappa shape index (κ3) is 5.08. The van der Waals surface area contributed by atoms with E-state index in [0.717, 1.165) is 34.4 Å². The zero-order valence-corrected chi connectivity index (χ0v) is 23.7. The van der Waals surface area contributed by atoms with Gasteiger partial charge in [-0.15, -0.1) is 0 Å². The molecule has 7 rings (SSSR count). The van der Waals surface area contributed by atoms with Crippen LogP contribution in [-0.2, 0) is 11.3 Å². The van der Waals surface area contributed by atoms with Crippen molar-refractivity contribution in [1.29, 1.82) is 0 Å². The lowest BCUT2D eigenvalue weighted by molar-refractivity contribution is 0.0601. The number of methoxy groups -OCH3 is 1. The zero-order valence-electron chi connectivity index (χ0n) is 23.7. The molecule has 0 spiro atoms. The van der Waals surface area contributed by atoms with E-state index in [1.54, 1.807) is 12.1 Å². The van der Waals surface area contributed by atoms with Gasteiger partial charge in [0.1, 0.15) is 11.3 Å². The number of oxazole rings is 1. The van der Waals surface area contributed by atoms with Gasteiger partial charge in [0.2, 0.25) is 5.89 Å². The van der Waals surface area contributed by atoms with E-state index in [4.69, 9.17) is 19.1 Å². The first-order chi connectivity index (χ1) is 21.2. The number of para-hydroxylation sites is 1. The Morgan fingerprint density at radius 3 is 2.12 bits per heavy atom. The third-order valence-corrected chi connectivity index (χ3v) is 7.89. The number of imidazole rings is 1. The maximum absolute atomic E-state index is 12.4. The van der Waals surface area contributed by atoms with Crippen molar-refractivity contribution in [2.24, 2.45) is 0 Å². The maximum Gasteiger partial charge on any atom is 0.337 e. The Morgan fingerprint density at radius 1 is 0.767 bits per heavy atom. The van der Waals surface area contributed by atoms with Crippen molar-refractivity contribution in [2.45, 2.75) is 18.9 Å². The van der Waals surface area contributed by atoms with E-state index in [2.05, 4.69) is 53.1 Å². The molecule has 210 valence electrons. The summed E-state index contributed by atoms with van der Waals surface area (Å²) in [6, 6.07) is 42.6. The fourth-order valence-electron chi connectivity index (χ4n) is 5.79. The predicted molar refractivity (Wildman–Crippen MR) is 169 cm³/mol. The molecule has 6 nitrogen and oxygen atoms in total. The second-order valence-corrected chi connectivity index (χ2v) is 10.5. The maximum atomic E-state index is 12.4. The molecule has 0 saturated heterocycles. The highest BCUT2D eigenvalue weighted by atomic mass is 16.5. The molecule has 0 aliphatic heterocycles. The van der Waals surface area contributed by atoms with Crippen molar-refractivity contribution in [3.05, 3.63) is 144 Å². The molecule has 0 unspecified atom stereocenters. The molecule has 6 heteroatoms. The number of carbonyl (C=O) groups is 1. The summed E-state index contributed by atoms with van der Waals surface area (Å²) >= 11 is 0. The molecule has 0 atom stereocenters. The monoisotopic (exact) mass is 563 g/mol. The summed E-state index contributed by atoms with van der Waals surface area (Å²) in [6.07, 6.45) is 0.840. The minimum Gasteiger partial charge on any atom is -0.465 e. The van der Waals surface area contributed by atoms with Gasteiger partial charge in [-0.3, -0.25) is 0 Å². The molecule has 0 aliphatic rings. The fourth-order valence-corrected chi connectivity index (χ4v) is 5.79. The molecule has 0 amide bonds. The number of benzene rings is 5. The molecule has 5 aromatic carbocycles. The van der Waals surface area contributed by atoms with E-state index < -0.39 is 5.97 Å². The van der Waals surface area contributed by atoms with E-state index in [-0.39, 0.29) is 5.92 Å². The van der Waals surface area contributed by atoms with E-state index >= 15 is 0 Å². The lowest BCUT2D eigenvalue weighted by Crippen LogP contribution is -2.08. The van der Waals surface area contributed by atoms with Crippen LogP contribution < -0.4 is 0 Å². The molecule has 7 aromatic rings. The fraction of sp³-hybridized carbons (Fsp3) is 0.108. The van der Waals surface area contributed by atoms with Gasteiger partial charge in [0, 0.05) is 18.0 Å². The van der Waals surface area contributed by atoms with Crippen LogP contribution >= 0.6 is 0 Å². The third-order valence-electron chi connectivity index (χ3n) is 7.89. The van der Waals surface area contributed by atoms with Crippen LogP contribution in [0.5, 0.6) is 0 Å². The standard InChI is InChI=1S/C37H29N3O3/c1-42-37(41)28-20-21-33-32(24-28)38-35(30-18-11-19-31-34(30)43-36(39-31)27-16-9-4-10-17-27)40(33)23-22-29(25-12-5-2-6-13-25)26-14-7-3-8-15-26/h2-21,24,29H,22-23H2,1H3. The van der Waals surface area contributed by atoms with Crippen LogP contribution in [0.25, 0.3) is 45.0 Å². The first-order valence-corrected chi connectivity index (χ1v) is 14.3. The van der Waals surface area contributed by atoms with Crippen molar-refractivity contribution in [2.75, 3.05) is 7.11 Å². The van der Waals surface area contributed by atoms with Gasteiger partial charge >= 0.3 is 5.97 Å². The van der Waals surface area contributed by atoms with E-state index in [1.165, 1.54) is 18.2 Å². The van der Waals surface area contributed by atoms with E-state index in [0.29, 0.717) is 29.1 Å². The highest BCUT2D eigenvalue weighted by Gasteiger charge is 2.22. The average Bonchev–Trinajstić information content (AvgIpc) is 3.67. The number of rotatable bonds is 8. The number of nitrogens with zero attached hydrogens (tertiary/aromatic N) is 3. The van der Waals surface area contributed by atoms with Crippen LogP contribution in [0.3, 0.4) is 0 Å². The lowest BCUT2D eigenvalue weighted by atomic mass is 9.88. The largest absolute Gasteiger partial charge is 0.465 e. The summed E-state index contributed by atoms with van der Waals surface area (Å²) in [5.74, 6) is 1.12. The first-order valence-electron chi connectivity index (χ1n) is 14.3. The van der Waals surface area contributed by atoms with Gasteiger partial charge < -0.3 is 13.7 Å². The smallest absolute Gasteiger partial charge is 0.337 e. The Kier molecular flexibility index (Phi) is 7.01. The SMILES string of the molecule is COC(=O)c1ccc2c(c1)nc(-c1cccc3nc(-c4ccccc4)oc13)n2CCC(c1ccccc1)c1ccccc1. The molecule has 0 bridgehead atoms. The van der Waals surface area contributed by atoms with Gasteiger partial charge in [0.25, 0.3) is 0 Å². The molecule has 2 heterocycles. The van der Waals surface area contributed by atoms with Crippen molar-refractivity contribution in [3.63, 3.8) is 0 Å². The van der Waals surface area contributed by atoms with Gasteiger partial charge in [-0.05, 0) is 60.0 Å². The molecule has 0 fully saturated rings. The number of esters is 1. The highest BCUT2D eigenvalue weighted by molar-refractivity contribution is 5.96. The molecular formula is C37H29N3O3. The van der Waals surface area contributed by atoms with E-state index in [1.807, 2.05) is 66.7 Å². The van der Waals surface area contributed by atoms with Gasteiger partial charge in [0.15, 0.2) is 5.58 Å². The average molecular weight is 564 g/mol. The van der Waals surface area contributed by atoms with Crippen LogP contribution in [0.15, 0.2) is 132 Å². The summed E-state index contributed by atoms with van der Waals surface area (Å²) in [5, 5.41) is 0. The van der Waals surface area contributed by atoms with Gasteiger partial charge in [-0.1, -0.05) is 84.9 Å².